The Balaban J connectivity index is 1.49. The Bertz CT molecular complexity index is 1420. The molecule has 7 heteroatoms. The van der Waals surface area contributed by atoms with Crippen molar-refractivity contribution in [2.45, 2.75) is 25.2 Å². The van der Waals surface area contributed by atoms with Crippen LogP contribution in [0.3, 0.4) is 0 Å². The summed E-state index contributed by atoms with van der Waals surface area (Å²) < 4.78 is 10.3. The van der Waals surface area contributed by atoms with Gasteiger partial charge in [-0.3, -0.25) is 4.79 Å². The van der Waals surface area contributed by atoms with Crippen LogP contribution in [0.5, 0.6) is 0 Å². The highest BCUT2D eigenvalue weighted by molar-refractivity contribution is 7.17. The normalized spacial score (nSPS) is 15.1. The Kier molecular flexibility index (Phi) is 5.56. The third-order valence-corrected chi connectivity index (χ3v) is 7.21. The fraction of sp³-hybridized carbons (Fsp3) is 0.192. The number of amides is 1. The number of hydrogen-bond acceptors (Lipinski definition) is 6. The molecule has 1 amide bonds. The molecule has 5 rings (SSSR count). The molecule has 1 N–H and O–H groups in total. The van der Waals surface area contributed by atoms with E-state index in [4.69, 9.17) is 9.15 Å². The van der Waals surface area contributed by atoms with Crippen molar-refractivity contribution in [2.24, 2.45) is 0 Å². The van der Waals surface area contributed by atoms with Gasteiger partial charge in [0.05, 0.1) is 12.7 Å². The van der Waals surface area contributed by atoms with E-state index in [1.165, 1.54) is 30.1 Å². The van der Waals surface area contributed by atoms with Crippen molar-refractivity contribution in [3.63, 3.8) is 0 Å². The third kappa shape index (κ3) is 3.96. The summed E-state index contributed by atoms with van der Waals surface area (Å²) in [5.41, 5.74) is 2.13. The lowest BCUT2D eigenvalue weighted by Crippen LogP contribution is -2.21. The van der Waals surface area contributed by atoms with Gasteiger partial charge >= 0.3 is 11.6 Å². The van der Waals surface area contributed by atoms with Crippen molar-refractivity contribution < 1.29 is 18.7 Å². The maximum atomic E-state index is 13.0. The number of methoxy groups -OCH3 is 1. The molecule has 0 bridgehead atoms. The highest BCUT2D eigenvalue weighted by Gasteiger charge is 2.31. The lowest BCUT2D eigenvalue weighted by molar-refractivity contribution is 0.0601. The molecule has 0 unspecified atom stereocenters. The number of carbonyl (C=O) groups is 2. The van der Waals surface area contributed by atoms with Gasteiger partial charge in [-0.05, 0) is 48.4 Å². The van der Waals surface area contributed by atoms with E-state index in [0.717, 1.165) is 23.3 Å². The van der Waals surface area contributed by atoms with Gasteiger partial charge < -0.3 is 14.5 Å². The minimum absolute atomic E-state index is 0.113. The summed E-state index contributed by atoms with van der Waals surface area (Å²) in [7, 11) is 1.32. The molecule has 0 aliphatic heterocycles. The minimum Gasteiger partial charge on any atom is -0.465 e. The molecule has 1 aliphatic rings. The molecule has 1 aliphatic carbocycles. The van der Waals surface area contributed by atoms with Gasteiger partial charge in [0.1, 0.15) is 16.1 Å². The predicted octanol–water partition coefficient (Wildman–Crippen LogP) is 5.17. The van der Waals surface area contributed by atoms with Crippen LogP contribution in [0.2, 0.25) is 0 Å². The first-order valence-electron chi connectivity index (χ1n) is 10.7. The van der Waals surface area contributed by atoms with Gasteiger partial charge in [0.15, 0.2) is 0 Å². The SMILES string of the molecule is COC(=O)c1c(NC(=O)c2cc3ccccc3oc2=O)sc2c1CC[C@H](c1ccccc1)C2. The summed E-state index contributed by atoms with van der Waals surface area (Å²) >= 11 is 1.37. The van der Waals surface area contributed by atoms with Gasteiger partial charge in [0.2, 0.25) is 0 Å². The molecule has 0 saturated carbocycles. The number of fused-ring (bicyclic) bond motifs is 2. The fourth-order valence-corrected chi connectivity index (χ4v) is 5.70. The van der Waals surface area contributed by atoms with Crippen LogP contribution < -0.4 is 10.9 Å². The summed E-state index contributed by atoms with van der Waals surface area (Å²) in [6, 6.07) is 18.8. The van der Waals surface area contributed by atoms with Crippen LogP contribution >= 0.6 is 11.3 Å². The molecule has 0 spiro atoms. The fourth-order valence-electron chi connectivity index (χ4n) is 4.39. The van der Waals surface area contributed by atoms with Crippen LogP contribution in [0.1, 0.15) is 49.1 Å². The van der Waals surface area contributed by atoms with E-state index in [1.807, 2.05) is 18.2 Å². The largest absolute Gasteiger partial charge is 0.465 e. The molecule has 2 aromatic heterocycles. The van der Waals surface area contributed by atoms with Gasteiger partial charge in [-0.25, -0.2) is 9.59 Å². The zero-order valence-corrected chi connectivity index (χ0v) is 18.7. The third-order valence-electron chi connectivity index (χ3n) is 6.04. The number of thiophene rings is 1. The Morgan fingerprint density at radius 3 is 2.64 bits per heavy atom. The molecule has 33 heavy (non-hydrogen) atoms. The summed E-state index contributed by atoms with van der Waals surface area (Å²) in [5, 5.41) is 3.82. The molecule has 6 nitrogen and oxygen atoms in total. The second kappa shape index (κ2) is 8.67. The molecule has 1 atom stereocenters. The number of nitrogens with one attached hydrogen (secondary N) is 1. The molecule has 2 aromatic carbocycles. The van der Waals surface area contributed by atoms with Crippen LogP contribution in [-0.2, 0) is 17.6 Å². The van der Waals surface area contributed by atoms with E-state index < -0.39 is 17.5 Å². The minimum atomic E-state index is -0.726. The molecule has 0 radical (unpaired) electrons. The first kappa shape index (κ1) is 21.2. The summed E-state index contributed by atoms with van der Waals surface area (Å²) in [4.78, 5) is 39.1. The van der Waals surface area contributed by atoms with Gasteiger partial charge in [-0.2, -0.15) is 0 Å². The smallest absolute Gasteiger partial charge is 0.349 e. The van der Waals surface area contributed by atoms with Crippen molar-refractivity contribution in [1.29, 1.82) is 0 Å². The topological polar surface area (TPSA) is 85.6 Å². The average molecular weight is 460 g/mol. The molecular weight excluding hydrogens is 438 g/mol. The monoisotopic (exact) mass is 459 g/mol. The van der Waals surface area contributed by atoms with Gasteiger partial charge in [0.25, 0.3) is 5.91 Å². The number of esters is 1. The number of para-hydroxylation sites is 1. The van der Waals surface area contributed by atoms with Crippen LogP contribution in [0.15, 0.2) is 69.9 Å². The van der Waals surface area contributed by atoms with Crippen molar-refractivity contribution in [3.05, 3.63) is 98.2 Å². The number of ether oxygens (including phenoxy) is 1. The van der Waals surface area contributed by atoms with Crippen molar-refractivity contribution in [2.75, 3.05) is 12.4 Å². The highest BCUT2D eigenvalue weighted by Crippen LogP contribution is 2.42. The summed E-state index contributed by atoms with van der Waals surface area (Å²) in [5.74, 6) is -0.761. The van der Waals surface area contributed by atoms with Gasteiger partial charge in [-0.1, -0.05) is 48.5 Å². The number of carbonyl (C=O) groups excluding carboxylic acids is 2. The van der Waals surface area contributed by atoms with Crippen molar-refractivity contribution in [1.82, 2.24) is 0 Å². The van der Waals surface area contributed by atoms with Crippen molar-refractivity contribution in [3.8, 4) is 0 Å². The Labute approximate surface area is 193 Å². The van der Waals surface area contributed by atoms with Crippen LogP contribution in [0, 0.1) is 0 Å². The Morgan fingerprint density at radius 2 is 1.85 bits per heavy atom. The number of benzene rings is 2. The van der Waals surface area contributed by atoms with E-state index in [2.05, 4.69) is 17.4 Å². The molecule has 0 saturated heterocycles. The van der Waals surface area contributed by atoms with Crippen molar-refractivity contribution >= 4 is 39.2 Å². The molecule has 2 heterocycles. The van der Waals surface area contributed by atoms with E-state index in [0.29, 0.717) is 33.9 Å². The molecular formula is C26H21NO5S. The first-order chi connectivity index (χ1) is 16.0. The summed E-state index contributed by atoms with van der Waals surface area (Å²) in [6.45, 7) is 0. The standard InChI is InChI=1S/C26H21NO5S/c1-31-26(30)22-18-12-11-16(15-7-3-2-4-8-15)14-21(18)33-24(22)27-23(28)19-13-17-9-5-6-10-20(17)32-25(19)29/h2-10,13,16H,11-12,14H2,1H3,(H,27,28)/t16-/m0/s1. The van der Waals surface area contributed by atoms with Crippen LogP contribution in [0.25, 0.3) is 11.0 Å². The number of rotatable bonds is 4. The zero-order valence-electron chi connectivity index (χ0n) is 17.9. The maximum absolute atomic E-state index is 13.0. The zero-order chi connectivity index (χ0) is 22.9. The van der Waals surface area contributed by atoms with Crippen LogP contribution in [0.4, 0.5) is 5.00 Å². The van der Waals surface area contributed by atoms with E-state index in [9.17, 15) is 14.4 Å². The quantitative estimate of drug-likeness (QED) is 0.336. The Hall–Kier alpha value is -3.71. The summed E-state index contributed by atoms with van der Waals surface area (Å²) in [6.07, 6.45) is 2.39. The average Bonchev–Trinajstić information content (AvgIpc) is 3.20. The van der Waals surface area contributed by atoms with E-state index >= 15 is 0 Å². The molecule has 4 aromatic rings. The van der Waals surface area contributed by atoms with E-state index in [-0.39, 0.29) is 5.56 Å². The van der Waals surface area contributed by atoms with E-state index in [1.54, 1.807) is 24.3 Å². The first-order valence-corrected chi connectivity index (χ1v) is 11.5. The van der Waals surface area contributed by atoms with Gasteiger partial charge in [-0.15, -0.1) is 11.3 Å². The van der Waals surface area contributed by atoms with Gasteiger partial charge in [0, 0.05) is 10.3 Å². The number of anilines is 1. The second-order valence-corrected chi connectivity index (χ2v) is 9.09. The second-order valence-electron chi connectivity index (χ2n) is 7.99. The molecule has 166 valence electrons. The Morgan fingerprint density at radius 1 is 1.09 bits per heavy atom. The highest BCUT2D eigenvalue weighted by atomic mass is 32.1. The predicted molar refractivity (Wildman–Crippen MR) is 127 cm³/mol. The molecule has 0 fully saturated rings. The lowest BCUT2D eigenvalue weighted by Gasteiger charge is -2.22. The van der Waals surface area contributed by atoms with Crippen LogP contribution in [-0.4, -0.2) is 19.0 Å². The number of hydrogen-bond donors (Lipinski definition) is 1. The lowest BCUT2D eigenvalue weighted by atomic mass is 9.83. The maximum Gasteiger partial charge on any atom is 0.349 e.